The van der Waals surface area contributed by atoms with Gasteiger partial charge in [0.15, 0.2) is 0 Å². The average molecular weight is 331 g/mol. The van der Waals surface area contributed by atoms with Crippen molar-refractivity contribution in [2.24, 2.45) is 5.92 Å². The molecule has 4 atom stereocenters. The van der Waals surface area contributed by atoms with Crippen molar-refractivity contribution in [2.45, 2.75) is 71.5 Å². The molecule has 0 bridgehead atoms. The van der Waals surface area contributed by atoms with E-state index in [1.54, 1.807) is 0 Å². The summed E-state index contributed by atoms with van der Waals surface area (Å²) < 4.78 is 11.2. The zero-order chi connectivity index (χ0) is 17.6. The SMILES string of the molecule is CC(C)=CC1CC(C)CCO1.CC1CC(C)(c2ccccc2)CO1. The zero-order valence-electron chi connectivity index (χ0n) is 16.0. The Labute approximate surface area is 148 Å². The highest BCUT2D eigenvalue weighted by Gasteiger charge is 2.35. The molecular weight excluding hydrogens is 296 g/mol. The molecule has 1 aromatic carbocycles. The van der Waals surface area contributed by atoms with Gasteiger partial charge in [0.05, 0.1) is 18.8 Å². The topological polar surface area (TPSA) is 18.5 Å². The minimum Gasteiger partial charge on any atom is -0.378 e. The number of rotatable bonds is 2. The lowest BCUT2D eigenvalue weighted by atomic mass is 9.81. The molecule has 1 aromatic rings. The van der Waals surface area contributed by atoms with Crippen molar-refractivity contribution < 1.29 is 9.47 Å². The predicted molar refractivity (Wildman–Crippen MR) is 101 cm³/mol. The fraction of sp³-hybridized carbons (Fsp3) is 0.636. The van der Waals surface area contributed by atoms with Gasteiger partial charge in [-0.15, -0.1) is 0 Å². The van der Waals surface area contributed by atoms with E-state index in [1.165, 1.54) is 24.0 Å². The van der Waals surface area contributed by atoms with E-state index in [-0.39, 0.29) is 5.41 Å². The molecule has 2 saturated heterocycles. The first-order valence-electron chi connectivity index (χ1n) is 9.33. The van der Waals surface area contributed by atoms with Crippen molar-refractivity contribution in [3.05, 3.63) is 47.5 Å². The van der Waals surface area contributed by atoms with Gasteiger partial charge in [0, 0.05) is 12.0 Å². The summed E-state index contributed by atoms with van der Waals surface area (Å²) in [4.78, 5) is 0. The Morgan fingerprint density at radius 2 is 1.83 bits per heavy atom. The van der Waals surface area contributed by atoms with Gasteiger partial charge in [-0.1, -0.05) is 55.8 Å². The highest BCUT2D eigenvalue weighted by atomic mass is 16.5. The maximum atomic E-state index is 5.62. The van der Waals surface area contributed by atoms with Crippen molar-refractivity contribution in [1.29, 1.82) is 0 Å². The molecule has 4 unspecified atom stereocenters. The Morgan fingerprint density at radius 3 is 2.38 bits per heavy atom. The van der Waals surface area contributed by atoms with Crippen LogP contribution in [0.3, 0.4) is 0 Å². The van der Waals surface area contributed by atoms with Gasteiger partial charge < -0.3 is 9.47 Å². The summed E-state index contributed by atoms with van der Waals surface area (Å²) >= 11 is 0. The molecule has 0 saturated carbocycles. The molecule has 0 spiro atoms. The van der Waals surface area contributed by atoms with Crippen LogP contribution in [0, 0.1) is 5.92 Å². The van der Waals surface area contributed by atoms with E-state index in [0.29, 0.717) is 12.2 Å². The number of benzene rings is 1. The van der Waals surface area contributed by atoms with E-state index in [4.69, 9.17) is 9.47 Å². The number of allylic oxidation sites excluding steroid dienone is 1. The smallest absolute Gasteiger partial charge is 0.0760 e. The lowest BCUT2D eigenvalue weighted by molar-refractivity contribution is 0.0235. The first-order chi connectivity index (χ1) is 11.4. The second kappa shape index (κ2) is 8.82. The maximum Gasteiger partial charge on any atom is 0.0760 e. The van der Waals surface area contributed by atoms with E-state index in [9.17, 15) is 0 Å². The highest BCUT2D eigenvalue weighted by molar-refractivity contribution is 5.25. The van der Waals surface area contributed by atoms with E-state index in [0.717, 1.165) is 25.6 Å². The fourth-order valence-electron chi connectivity index (χ4n) is 3.61. The van der Waals surface area contributed by atoms with Crippen LogP contribution in [-0.4, -0.2) is 25.4 Å². The lowest BCUT2D eigenvalue weighted by Crippen LogP contribution is -2.22. The summed E-state index contributed by atoms with van der Waals surface area (Å²) in [6.07, 6.45) is 6.60. The van der Waals surface area contributed by atoms with Gasteiger partial charge in [-0.3, -0.25) is 0 Å². The fourth-order valence-corrected chi connectivity index (χ4v) is 3.61. The first kappa shape index (κ1) is 19.2. The summed E-state index contributed by atoms with van der Waals surface area (Å²) in [7, 11) is 0. The predicted octanol–water partition coefficient (Wildman–Crippen LogP) is 5.52. The van der Waals surface area contributed by atoms with Crippen molar-refractivity contribution in [2.75, 3.05) is 13.2 Å². The van der Waals surface area contributed by atoms with Crippen molar-refractivity contribution in [3.63, 3.8) is 0 Å². The Bertz CT molecular complexity index is 518. The van der Waals surface area contributed by atoms with Gasteiger partial charge in [0.1, 0.15) is 0 Å². The number of ether oxygens (including phenoxy) is 2. The van der Waals surface area contributed by atoms with E-state index < -0.39 is 0 Å². The largest absolute Gasteiger partial charge is 0.378 e. The van der Waals surface area contributed by atoms with E-state index in [1.807, 2.05) is 0 Å². The van der Waals surface area contributed by atoms with Gasteiger partial charge in [0.25, 0.3) is 0 Å². The monoisotopic (exact) mass is 330 g/mol. The molecule has 2 fully saturated rings. The molecule has 0 radical (unpaired) electrons. The van der Waals surface area contributed by atoms with Crippen LogP contribution in [-0.2, 0) is 14.9 Å². The molecule has 0 amide bonds. The third-order valence-corrected chi connectivity index (χ3v) is 4.99. The van der Waals surface area contributed by atoms with Crippen LogP contribution in [0.2, 0.25) is 0 Å². The van der Waals surface area contributed by atoms with E-state index in [2.05, 4.69) is 71.0 Å². The minimum atomic E-state index is 0.237. The summed E-state index contributed by atoms with van der Waals surface area (Å²) in [5.41, 5.74) is 3.00. The highest BCUT2D eigenvalue weighted by Crippen LogP contribution is 2.35. The maximum absolute atomic E-state index is 5.62. The van der Waals surface area contributed by atoms with Crippen LogP contribution in [0.25, 0.3) is 0 Å². The Hall–Kier alpha value is -1.12. The average Bonchev–Trinajstić information content (AvgIpc) is 2.89. The van der Waals surface area contributed by atoms with Crippen LogP contribution >= 0.6 is 0 Å². The molecule has 2 nitrogen and oxygen atoms in total. The quantitative estimate of drug-likeness (QED) is 0.665. The third-order valence-electron chi connectivity index (χ3n) is 4.99. The van der Waals surface area contributed by atoms with E-state index >= 15 is 0 Å². The molecule has 134 valence electrons. The molecule has 3 rings (SSSR count). The summed E-state index contributed by atoms with van der Waals surface area (Å²) in [5, 5.41) is 0. The van der Waals surface area contributed by atoms with Crippen molar-refractivity contribution >= 4 is 0 Å². The van der Waals surface area contributed by atoms with Crippen LogP contribution in [0.4, 0.5) is 0 Å². The molecule has 2 heteroatoms. The van der Waals surface area contributed by atoms with Gasteiger partial charge in [-0.2, -0.15) is 0 Å². The summed E-state index contributed by atoms with van der Waals surface area (Å²) in [6, 6.07) is 10.7. The Morgan fingerprint density at radius 1 is 1.12 bits per heavy atom. The number of hydrogen-bond donors (Lipinski definition) is 0. The normalized spacial score (nSPS) is 32.6. The second-order valence-electron chi connectivity index (χ2n) is 8.04. The Balaban J connectivity index is 0.000000177. The summed E-state index contributed by atoms with van der Waals surface area (Å²) in [5.74, 6) is 0.837. The minimum absolute atomic E-state index is 0.237. The molecule has 24 heavy (non-hydrogen) atoms. The van der Waals surface area contributed by atoms with Crippen LogP contribution < -0.4 is 0 Å². The molecule has 2 heterocycles. The van der Waals surface area contributed by atoms with Crippen LogP contribution in [0.15, 0.2) is 42.0 Å². The van der Waals surface area contributed by atoms with Crippen LogP contribution in [0.1, 0.15) is 59.4 Å². The molecular formula is C22H34O2. The summed E-state index contributed by atoms with van der Waals surface area (Å²) in [6.45, 7) is 12.8. The second-order valence-corrected chi connectivity index (χ2v) is 8.04. The lowest BCUT2D eigenvalue weighted by Gasteiger charge is -2.25. The zero-order valence-corrected chi connectivity index (χ0v) is 16.0. The standard InChI is InChI=1S/C12H16O.C10H18O/c1-10-8-12(2,9-13-10)11-6-4-3-5-7-11;1-8(2)6-10-7-9(3)4-5-11-10/h3-7,10H,8-9H2,1-2H3;6,9-10H,4-5,7H2,1-3H3. The van der Waals surface area contributed by atoms with Gasteiger partial charge in [-0.05, 0) is 51.5 Å². The molecule has 0 aliphatic carbocycles. The van der Waals surface area contributed by atoms with Gasteiger partial charge >= 0.3 is 0 Å². The number of hydrogen-bond acceptors (Lipinski definition) is 2. The Kier molecular flexibility index (Phi) is 7.06. The third kappa shape index (κ3) is 5.75. The van der Waals surface area contributed by atoms with Crippen molar-refractivity contribution in [1.82, 2.24) is 0 Å². The first-order valence-corrected chi connectivity index (χ1v) is 9.33. The van der Waals surface area contributed by atoms with Gasteiger partial charge in [-0.25, -0.2) is 0 Å². The molecule has 0 N–H and O–H groups in total. The van der Waals surface area contributed by atoms with Gasteiger partial charge in [0.2, 0.25) is 0 Å². The molecule has 2 aliphatic rings. The molecule has 2 aliphatic heterocycles. The van der Waals surface area contributed by atoms with Crippen LogP contribution in [0.5, 0.6) is 0 Å². The van der Waals surface area contributed by atoms with Crippen molar-refractivity contribution in [3.8, 4) is 0 Å². The molecule has 0 aromatic heterocycles.